The van der Waals surface area contributed by atoms with Crippen LogP contribution in [0.15, 0.2) is 48.5 Å². The summed E-state index contributed by atoms with van der Waals surface area (Å²) in [7, 11) is 1.53. The maximum absolute atomic E-state index is 12.2. The van der Waals surface area contributed by atoms with Gasteiger partial charge in [0, 0.05) is 6.54 Å². The van der Waals surface area contributed by atoms with Crippen LogP contribution in [-0.2, 0) is 4.74 Å². The van der Waals surface area contributed by atoms with E-state index >= 15 is 0 Å². The fourth-order valence-corrected chi connectivity index (χ4v) is 2.81. The first kappa shape index (κ1) is 17.7. The third kappa shape index (κ3) is 3.59. The summed E-state index contributed by atoms with van der Waals surface area (Å²) in [6.45, 7) is 0.530. The molecule has 0 atom stereocenters. The molecule has 134 valence electrons. The number of carbonyl (C=O) groups excluding carboxylic acids is 3. The van der Waals surface area contributed by atoms with Crippen LogP contribution in [0.5, 0.6) is 5.75 Å². The Morgan fingerprint density at radius 2 is 1.65 bits per heavy atom. The van der Waals surface area contributed by atoms with Crippen molar-refractivity contribution in [3.05, 3.63) is 65.2 Å². The number of unbranched alkanes of at least 4 members (excludes halogenated alkanes) is 1. The van der Waals surface area contributed by atoms with Crippen LogP contribution >= 0.6 is 0 Å². The van der Waals surface area contributed by atoms with Crippen molar-refractivity contribution in [3.63, 3.8) is 0 Å². The fourth-order valence-electron chi connectivity index (χ4n) is 2.81. The number of methoxy groups -OCH3 is 1. The highest BCUT2D eigenvalue weighted by Gasteiger charge is 2.34. The Morgan fingerprint density at radius 3 is 2.31 bits per heavy atom. The van der Waals surface area contributed by atoms with Crippen LogP contribution in [0.2, 0.25) is 0 Å². The van der Waals surface area contributed by atoms with Gasteiger partial charge in [0.15, 0.2) is 0 Å². The van der Waals surface area contributed by atoms with Crippen LogP contribution < -0.4 is 4.74 Å². The van der Waals surface area contributed by atoms with E-state index < -0.39 is 5.97 Å². The average molecular weight is 353 g/mol. The summed E-state index contributed by atoms with van der Waals surface area (Å²) in [6, 6.07) is 13.5. The summed E-state index contributed by atoms with van der Waals surface area (Å²) in [5, 5.41) is 0. The van der Waals surface area contributed by atoms with E-state index in [1.807, 2.05) is 0 Å². The Labute approximate surface area is 151 Å². The van der Waals surface area contributed by atoms with Crippen molar-refractivity contribution in [2.24, 2.45) is 0 Å². The zero-order valence-electron chi connectivity index (χ0n) is 14.4. The second-order valence-corrected chi connectivity index (χ2v) is 5.88. The molecular formula is C20H19NO5. The lowest BCUT2D eigenvalue weighted by Crippen LogP contribution is -2.30. The first-order valence-corrected chi connectivity index (χ1v) is 8.38. The Morgan fingerprint density at radius 1 is 0.962 bits per heavy atom. The van der Waals surface area contributed by atoms with Crippen molar-refractivity contribution in [2.45, 2.75) is 12.8 Å². The molecule has 0 saturated heterocycles. The maximum Gasteiger partial charge on any atom is 0.338 e. The van der Waals surface area contributed by atoms with E-state index in [9.17, 15) is 14.4 Å². The summed E-state index contributed by atoms with van der Waals surface area (Å²) in [5.74, 6) is -0.368. The summed E-state index contributed by atoms with van der Waals surface area (Å²) in [4.78, 5) is 37.7. The minimum Gasteiger partial charge on any atom is -0.497 e. The van der Waals surface area contributed by atoms with Gasteiger partial charge < -0.3 is 9.47 Å². The van der Waals surface area contributed by atoms with E-state index in [2.05, 4.69) is 0 Å². The lowest BCUT2D eigenvalue weighted by molar-refractivity contribution is 0.0485. The van der Waals surface area contributed by atoms with Crippen LogP contribution in [0.4, 0.5) is 0 Å². The molecule has 2 amide bonds. The van der Waals surface area contributed by atoms with E-state index in [0.29, 0.717) is 41.8 Å². The second-order valence-electron chi connectivity index (χ2n) is 5.88. The Kier molecular flexibility index (Phi) is 5.31. The molecule has 3 rings (SSSR count). The number of hydrogen-bond donors (Lipinski definition) is 0. The van der Waals surface area contributed by atoms with E-state index in [1.54, 1.807) is 48.5 Å². The van der Waals surface area contributed by atoms with Crippen LogP contribution in [0.25, 0.3) is 0 Å². The van der Waals surface area contributed by atoms with Crippen molar-refractivity contribution >= 4 is 17.8 Å². The van der Waals surface area contributed by atoms with Crippen molar-refractivity contribution in [1.82, 2.24) is 4.90 Å². The summed E-state index contributed by atoms with van der Waals surface area (Å²) >= 11 is 0. The molecule has 0 saturated carbocycles. The highest BCUT2D eigenvalue weighted by Crippen LogP contribution is 2.22. The number of rotatable bonds is 7. The number of fused-ring (bicyclic) bond motifs is 1. The molecule has 1 heterocycles. The molecule has 0 radical (unpaired) electrons. The van der Waals surface area contributed by atoms with E-state index in [1.165, 1.54) is 12.0 Å². The standard InChI is InChI=1S/C20H19NO5/c1-25-15-8-6-7-14(13-15)20(24)26-12-5-4-11-21-18(22)16-9-2-3-10-17(16)19(21)23/h2-3,6-10,13H,4-5,11-12H2,1H3. The molecule has 2 aromatic carbocycles. The number of amides is 2. The molecule has 0 spiro atoms. The van der Waals surface area contributed by atoms with Gasteiger partial charge in [-0.05, 0) is 43.2 Å². The van der Waals surface area contributed by atoms with Crippen molar-refractivity contribution in [1.29, 1.82) is 0 Å². The van der Waals surface area contributed by atoms with Crippen molar-refractivity contribution in [3.8, 4) is 5.75 Å². The van der Waals surface area contributed by atoms with Gasteiger partial charge in [0.25, 0.3) is 11.8 Å². The summed E-state index contributed by atoms with van der Waals surface area (Å²) < 4.78 is 10.3. The predicted molar refractivity (Wildman–Crippen MR) is 94.3 cm³/mol. The van der Waals surface area contributed by atoms with Gasteiger partial charge >= 0.3 is 5.97 Å². The molecule has 0 bridgehead atoms. The Hall–Kier alpha value is -3.15. The van der Waals surface area contributed by atoms with E-state index in [0.717, 1.165) is 0 Å². The molecule has 0 fully saturated rings. The number of carbonyl (C=O) groups is 3. The molecule has 0 unspecified atom stereocenters. The average Bonchev–Trinajstić information content (AvgIpc) is 2.92. The van der Waals surface area contributed by atoms with Gasteiger partial charge in [0.2, 0.25) is 0 Å². The van der Waals surface area contributed by atoms with Crippen LogP contribution in [0.3, 0.4) is 0 Å². The minimum absolute atomic E-state index is 0.221. The largest absolute Gasteiger partial charge is 0.497 e. The lowest BCUT2D eigenvalue weighted by Gasteiger charge is -2.13. The van der Waals surface area contributed by atoms with Crippen molar-refractivity contribution < 1.29 is 23.9 Å². The zero-order chi connectivity index (χ0) is 18.5. The van der Waals surface area contributed by atoms with Gasteiger partial charge in [0.1, 0.15) is 5.75 Å². The predicted octanol–water partition coefficient (Wildman–Crippen LogP) is 2.93. The van der Waals surface area contributed by atoms with Gasteiger partial charge in [-0.15, -0.1) is 0 Å². The fraction of sp³-hybridized carbons (Fsp3) is 0.250. The van der Waals surface area contributed by atoms with Gasteiger partial charge in [0.05, 0.1) is 30.4 Å². The van der Waals surface area contributed by atoms with Gasteiger partial charge in [-0.2, -0.15) is 0 Å². The van der Waals surface area contributed by atoms with Gasteiger partial charge in [-0.1, -0.05) is 18.2 Å². The monoisotopic (exact) mass is 353 g/mol. The molecule has 0 N–H and O–H groups in total. The highest BCUT2D eigenvalue weighted by atomic mass is 16.5. The quantitative estimate of drug-likeness (QED) is 0.435. The molecule has 6 heteroatoms. The van der Waals surface area contributed by atoms with Gasteiger partial charge in [-0.25, -0.2) is 4.79 Å². The first-order chi connectivity index (χ1) is 12.6. The molecule has 1 aliphatic rings. The zero-order valence-corrected chi connectivity index (χ0v) is 14.4. The molecular weight excluding hydrogens is 334 g/mol. The topological polar surface area (TPSA) is 72.9 Å². The second kappa shape index (κ2) is 7.82. The minimum atomic E-state index is -0.426. The van der Waals surface area contributed by atoms with E-state index in [4.69, 9.17) is 9.47 Å². The number of ether oxygens (including phenoxy) is 2. The first-order valence-electron chi connectivity index (χ1n) is 8.38. The molecule has 0 aliphatic carbocycles. The third-order valence-electron chi connectivity index (χ3n) is 4.19. The maximum atomic E-state index is 12.2. The van der Waals surface area contributed by atoms with Crippen LogP contribution in [-0.4, -0.2) is 42.9 Å². The number of benzene rings is 2. The van der Waals surface area contributed by atoms with Gasteiger partial charge in [-0.3, -0.25) is 14.5 Å². The molecule has 1 aliphatic heterocycles. The number of nitrogens with zero attached hydrogens (tertiary/aromatic N) is 1. The molecule has 26 heavy (non-hydrogen) atoms. The Bertz CT molecular complexity index is 811. The smallest absolute Gasteiger partial charge is 0.338 e. The lowest BCUT2D eigenvalue weighted by atomic mass is 10.1. The molecule has 6 nitrogen and oxygen atoms in total. The molecule has 2 aromatic rings. The van der Waals surface area contributed by atoms with Crippen molar-refractivity contribution in [2.75, 3.05) is 20.3 Å². The third-order valence-corrected chi connectivity index (χ3v) is 4.19. The number of imide groups is 1. The summed E-state index contributed by atoms with van der Waals surface area (Å²) in [5.41, 5.74) is 1.31. The summed E-state index contributed by atoms with van der Waals surface area (Å²) in [6.07, 6.45) is 1.12. The highest BCUT2D eigenvalue weighted by molar-refractivity contribution is 6.21. The SMILES string of the molecule is COc1cccc(C(=O)OCCCCN2C(=O)c3ccccc3C2=O)c1. The number of hydrogen-bond acceptors (Lipinski definition) is 5. The Balaban J connectivity index is 1.44. The number of esters is 1. The molecule has 0 aromatic heterocycles. The van der Waals surface area contributed by atoms with Crippen LogP contribution in [0.1, 0.15) is 43.9 Å². The van der Waals surface area contributed by atoms with Crippen LogP contribution in [0, 0.1) is 0 Å². The van der Waals surface area contributed by atoms with E-state index in [-0.39, 0.29) is 18.4 Å². The normalized spacial score (nSPS) is 12.9.